The van der Waals surface area contributed by atoms with Gasteiger partial charge in [-0.25, -0.2) is 0 Å². The first-order valence-electron chi connectivity index (χ1n) is 7.03. The highest BCUT2D eigenvalue weighted by Gasteiger charge is 2.21. The van der Waals surface area contributed by atoms with E-state index in [0.29, 0.717) is 10.9 Å². The number of hydrogen-bond acceptors (Lipinski definition) is 2. The molecule has 1 heterocycles. The molecule has 1 aromatic carbocycles. The Morgan fingerprint density at radius 2 is 1.90 bits per heavy atom. The average Bonchev–Trinajstić information content (AvgIpc) is 2.49. The van der Waals surface area contributed by atoms with Gasteiger partial charge in [0, 0.05) is 22.5 Å². The lowest BCUT2D eigenvalue weighted by Gasteiger charge is -2.26. The Kier molecular flexibility index (Phi) is 4.01. The number of pyridine rings is 1. The van der Waals surface area contributed by atoms with Crippen molar-refractivity contribution in [1.82, 2.24) is 10.3 Å². The standard InChI is InChI=1S/C16H17BrN2O/c17-11-5-7-12(8-6-11)19-16(20)14-9-10-18-15-4-2-1-3-13(14)15/h1-4,9-12H,5-8H2,(H,19,20). The normalized spacial score (nSPS) is 22.6. The van der Waals surface area contributed by atoms with Crippen molar-refractivity contribution < 1.29 is 4.79 Å². The fourth-order valence-corrected chi connectivity index (χ4v) is 3.28. The molecule has 2 aromatic rings. The van der Waals surface area contributed by atoms with Crippen molar-refractivity contribution in [3.8, 4) is 0 Å². The second-order valence-corrected chi connectivity index (χ2v) is 6.59. The zero-order valence-electron chi connectivity index (χ0n) is 11.2. The first kappa shape index (κ1) is 13.6. The number of rotatable bonds is 2. The molecule has 1 saturated carbocycles. The summed E-state index contributed by atoms with van der Waals surface area (Å²) in [5, 5.41) is 4.08. The Bertz CT molecular complexity index is 615. The van der Waals surface area contributed by atoms with Gasteiger partial charge in [0.2, 0.25) is 0 Å². The quantitative estimate of drug-likeness (QED) is 0.852. The molecule has 1 aliphatic carbocycles. The molecule has 0 radical (unpaired) electrons. The van der Waals surface area contributed by atoms with Gasteiger partial charge in [-0.3, -0.25) is 9.78 Å². The third-order valence-electron chi connectivity index (χ3n) is 3.89. The largest absolute Gasteiger partial charge is 0.349 e. The molecule has 1 aliphatic rings. The minimum atomic E-state index is 0.0154. The molecule has 1 fully saturated rings. The summed E-state index contributed by atoms with van der Waals surface area (Å²) in [6.07, 6.45) is 6.05. The Hall–Kier alpha value is -1.42. The second-order valence-electron chi connectivity index (χ2n) is 5.30. The van der Waals surface area contributed by atoms with Crippen LogP contribution in [-0.4, -0.2) is 21.8 Å². The van der Waals surface area contributed by atoms with E-state index in [2.05, 4.69) is 26.2 Å². The van der Waals surface area contributed by atoms with Gasteiger partial charge >= 0.3 is 0 Å². The van der Waals surface area contributed by atoms with Gasteiger partial charge in [-0.2, -0.15) is 0 Å². The van der Waals surface area contributed by atoms with Crippen molar-refractivity contribution in [2.75, 3.05) is 0 Å². The number of amides is 1. The summed E-state index contributed by atoms with van der Waals surface area (Å²) in [6.45, 7) is 0. The third kappa shape index (κ3) is 2.85. The summed E-state index contributed by atoms with van der Waals surface area (Å²) in [5.41, 5.74) is 1.58. The number of nitrogens with zero attached hydrogens (tertiary/aromatic N) is 1. The number of carbonyl (C=O) groups excluding carboxylic acids is 1. The zero-order valence-corrected chi connectivity index (χ0v) is 12.8. The number of benzene rings is 1. The van der Waals surface area contributed by atoms with E-state index < -0.39 is 0 Å². The molecule has 20 heavy (non-hydrogen) atoms. The molecule has 3 nitrogen and oxygen atoms in total. The van der Waals surface area contributed by atoms with Gasteiger partial charge in [0.15, 0.2) is 0 Å². The van der Waals surface area contributed by atoms with E-state index >= 15 is 0 Å². The fraction of sp³-hybridized carbons (Fsp3) is 0.375. The summed E-state index contributed by atoms with van der Waals surface area (Å²) in [6, 6.07) is 9.86. The van der Waals surface area contributed by atoms with Gasteiger partial charge in [0.25, 0.3) is 5.91 Å². The smallest absolute Gasteiger partial charge is 0.252 e. The number of carbonyl (C=O) groups is 1. The van der Waals surface area contributed by atoms with Crippen LogP contribution in [0.15, 0.2) is 36.5 Å². The van der Waals surface area contributed by atoms with Gasteiger partial charge in [0.1, 0.15) is 0 Å². The maximum atomic E-state index is 12.5. The van der Waals surface area contributed by atoms with Crippen molar-refractivity contribution in [1.29, 1.82) is 0 Å². The number of nitrogens with one attached hydrogen (secondary N) is 1. The maximum absolute atomic E-state index is 12.5. The number of hydrogen-bond donors (Lipinski definition) is 1. The van der Waals surface area contributed by atoms with Gasteiger partial charge in [-0.15, -0.1) is 0 Å². The molecule has 4 heteroatoms. The highest BCUT2D eigenvalue weighted by atomic mass is 79.9. The van der Waals surface area contributed by atoms with Gasteiger partial charge in [-0.1, -0.05) is 34.1 Å². The molecule has 0 unspecified atom stereocenters. The molecular weight excluding hydrogens is 316 g/mol. The highest BCUT2D eigenvalue weighted by molar-refractivity contribution is 9.09. The van der Waals surface area contributed by atoms with E-state index in [-0.39, 0.29) is 5.91 Å². The van der Waals surface area contributed by atoms with Crippen LogP contribution in [0.3, 0.4) is 0 Å². The van der Waals surface area contributed by atoms with Crippen molar-refractivity contribution >= 4 is 32.7 Å². The maximum Gasteiger partial charge on any atom is 0.252 e. The van der Waals surface area contributed by atoms with Crippen LogP contribution in [0.5, 0.6) is 0 Å². The van der Waals surface area contributed by atoms with Crippen LogP contribution in [0.2, 0.25) is 0 Å². The molecule has 104 valence electrons. The second kappa shape index (κ2) is 5.92. The van der Waals surface area contributed by atoms with Crippen LogP contribution < -0.4 is 5.32 Å². The van der Waals surface area contributed by atoms with Crippen LogP contribution in [0.4, 0.5) is 0 Å². The Morgan fingerprint density at radius 3 is 2.70 bits per heavy atom. The molecule has 0 bridgehead atoms. The molecule has 0 atom stereocenters. The van der Waals surface area contributed by atoms with Gasteiger partial charge in [0.05, 0.1) is 11.1 Å². The molecule has 1 aromatic heterocycles. The first-order valence-corrected chi connectivity index (χ1v) is 7.94. The number of halogens is 1. The lowest BCUT2D eigenvalue weighted by molar-refractivity contribution is 0.0930. The summed E-state index contributed by atoms with van der Waals surface area (Å²) in [5.74, 6) is 0.0154. The minimum Gasteiger partial charge on any atom is -0.349 e. The van der Waals surface area contributed by atoms with Crippen molar-refractivity contribution in [2.24, 2.45) is 0 Å². The zero-order chi connectivity index (χ0) is 13.9. The van der Waals surface area contributed by atoms with Crippen molar-refractivity contribution in [3.05, 3.63) is 42.1 Å². The predicted molar refractivity (Wildman–Crippen MR) is 84.2 cm³/mol. The molecule has 3 rings (SSSR count). The van der Waals surface area contributed by atoms with Gasteiger partial charge in [-0.05, 0) is 37.8 Å². The van der Waals surface area contributed by atoms with E-state index in [9.17, 15) is 4.79 Å². The number of alkyl halides is 1. The summed E-state index contributed by atoms with van der Waals surface area (Å²) >= 11 is 3.64. The van der Waals surface area contributed by atoms with E-state index in [1.54, 1.807) is 12.3 Å². The van der Waals surface area contributed by atoms with Crippen LogP contribution in [0.25, 0.3) is 10.9 Å². The van der Waals surface area contributed by atoms with Crippen LogP contribution >= 0.6 is 15.9 Å². The van der Waals surface area contributed by atoms with Gasteiger partial charge < -0.3 is 5.32 Å². The van der Waals surface area contributed by atoms with E-state index in [0.717, 1.165) is 42.1 Å². The number of para-hydroxylation sites is 1. The van der Waals surface area contributed by atoms with Crippen molar-refractivity contribution in [3.63, 3.8) is 0 Å². The molecule has 1 amide bonds. The third-order valence-corrected chi connectivity index (χ3v) is 4.80. The molecule has 0 spiro atoms. The van der Waals surface area contributed by atoms with Crippen molar-refractivity contribution in [2.45, 2.75) is 36.6 Å². The number of fused-ring (bicyclic) bond motifs is 1. The fourth-order valence-electron chi connectivity index (χ4n) is 2.75. The lowest BCUT2D eigenvalue weighted by Crippen LogP contribution is -2.37. The SMILES string of the molecule is O=C(NC1CCC(Br)CC1)c1ccnc2ccccc12. The molecular formula is C16H17BrN2O. The molecule has 0 saturated heterocycles. The highest BCUT2D eigenvalue weighted by Crippen LogP contribution is 2.25. The summed E-state index contributed by atoms with van der Waals surface area (Å²) in [7, 11) is 0. The van der Waals surface area contributed by atoms with E-state index in [1.165, 1.54) is 0 Å². The van der Waals surface area contributed by atoms with Crippen LogP contribution in [0, 0.1) is 0 Å². The average molecular weight is 333 g/mol. The van der Waals surface area contributed by atoms with Crippen LogP contribution in [0.1, 0.15) is 36.0 Å². The minimum absolute atomic E-state index is 0.0154. The van der Waals surface area contributed by atoms with E-state index in [4.69, 9.17) is 0 Å². The first-order chi connectivity index (χ1) is 9.74. The summed E-state index contributed by atoms with van der Waals surface area (Å²) in [4.78, 5) is 17.4. The number of aromatic nitrogens is 1. The van der Waals surface area contributed by atoms with E-state index in [1.807, 2.05) is 24.3 Å². The Morgan fingerprint density at radius 1 is 1.15 bits per heavy atom. The topological polar surface area (TPSA) is 42.0 Å². The lowest BCUT2D eigenvalue weighted by atomic mass is 9.95. The molecule has 1 N–H and O–H groups in total. The predicted octanol–water partition coefficient (Wildman–Crippen LogP) is 3.67. The van der Waals surface area contributed by atoms with Crippen LogP contribution in [-0.2, 0) is 0 Å². The molecule has 0 aliphatic heterocycles. The Balaban J connectivity index is 1.79. The monoisotopic (exact) mass is 332 g/mol. The summed E-state index contributed by atoms with van der Waals surface area (Å²) < 4.78 is 0. The Labute approximate surface area is 126 Å².